The third-order valence-corrected chi connectivity index (χ3v) is 13.1. The maximum Gasteiger partial charge on any atom is 0.220 e. The minimum absolute atomic E-state index is 0.135. The largest absolute Gasteiger partial charge is 0.394 e. The Labute approximate surface area is 388 Å². The van der Waals surface area contributed by atoms with Gasteiger partial charge in [-0.1, -0.05) is 231 Å². The van der Waals surface area contributed by atoms with Crippen molar-refractivity contribution in [3.8, 4) is 0 Å². The summed E-state index contributed by atoms with van der Waals surface area (Å²) in [5, 5.41) is 54.3. The number of rotatable bonds is 46. The summed E-state index contributed by atoms with van der Waals surface area (Å²) in [6.07, 6.45) is 48.0. The highest BCUT2D eigenvalue weighted by molar-refractivity contribution is 5.76. The first kappa shape index (κ1) is 59.7. The van der Waals surface area contributed by atoms with Crippen molar-refractivity contribution in [3.05, 3.63) is 24.3 Å². The minimum atomic E-state index is -1.55. The monoisotopic (exact) mass is 894 g/mol. The van der Waals surface area contributed by atoms with Gasteiger partial charge in [0.25, 0.3) is 0 Å². The number of carbonyl (C=O) groups excluding carboxylic acids is 1. The van der Waals surface area contributed by atoms with Crippen LogP contribution in [0.25, 0.3) is 0 Å². The van der Waals surface area contributed by atoms with Gasteiger partial charge in [0.05, 0.1) is 25.4 Å². The highest BCUT2D eigenvalue weighted by atomic mass is 16.7. The number of hydrogen-bond acceptors (Lipinski definition) is 8. The first-order chi connectivity index (χ1) is 30.8. The van der Waals surface area contributed by atoms with Crippen LogP contribution in [0.5, 0.6) is 0 Å². The Morgan fingerprint density at radius 3 is 1.37 bits per heavy atom. The summed E-state index contributed by atoms with van der Waals surface area (Å²) in [7, 11) is 0. The summed E-state index contributed by atoms with van der Waals surface area (Å²) < 4.78 is 11.2. The van der Waals surface area contributed by atoms with Gasteiger partial charge >= 0.3 is 0 Å². The maximum atomic E-state index is 13.0. The van der Waals surface area contributed by atoms with Crippen LogP contribution in [0.1, 0.15) is 258 Å². The van der Waals surface area contributed by atoms with Crippen LogP contribution in [-0.4, -0.2) is 87.5 Å². The van der Waals surface area contributed by atoms with E-state index in [1.807, 2.05) is 0 Å². The molecule has 0 aromatic carbocycles. The number of nitrogens with one attached hydrogen (secondary N) is 1. The Bertz CT molecular complexity index is 1040. The predicted molar refractivity (Wildman–Crippen MR) is 263 cm³/mol. The summed E-state index contributed by atoms with van der Waals surface area (Å²) in [5.74, 6) is -0.143. The second kappa shape index (κ2) is 44.5. The van der Waals surface area contributed by atoms with E-state index in [0.29, 0.717) is 12.8 Å². The van der Waals surface area contributed by atoms with Crippen LogP contribution in [0.3, 0.4) is 0 Å². The second-order valence-electron chi connectivity index (χ2n) is 19.0. The van der Waals surface area contributed by atoms with Gasteiger partial charge in [-0.05, 0) is 44.9 Å². The van der Waals surface area contributed by atoms with Crippen LogP contribution >= 0.6 is 0 Å². The number of hydrogen-bond donors (Lipinski definition) is 6. The van der Waals surface area contributed by atoms with E-state index in [4.69, 9.17) is 9.47 Å². The van der Waals surface area contributed by atoms with Crippen molar-refractivity contribution in [2.24, 2.45) is 0 Å². The smallest absolute Gasteiger partial charge is 0.220 e. The lowest BCUT2D eigenvalue weighted by atomic mass is 9.99. The number of allylic oxidation sites excluding steroid dienone is 4. The molecule has 7 unspecified atom stereocenters. The molecule has 63 heavy (non-hydrogen) atoms. The molecule has 372 valence electrons. The highest BCUT2D eigenvalue weighted by Gasteiger charge is 2.44. The molecule has 1 rings (SSSR count). The van der Waals surface area contributed by atoms with E-state index >= 15 is 0 Å². The Morgan fingerprint density at radius 2 is 0.937 bits per heavy atom. The normalized spacial score (nSPS) is 20.3. The van der Waals surface area contributed by atoms with Crippen molar-refractivity contribution in [3.63, 3.8) is 0 Å². The molecule has 9 heteroatoms. The summed E-state index contributed by atoms with van der Waals surface area (Å²) >= 11 is 0. The SMILES string of the molecule is CCCCCCC/C=C\C/C=C\CCCCCCCCCCCCCCCCCCCCCC(=O)NC(COC1OC(CO)C(O)C(O)C1O)C(O)CCCCCCCCCCC. The van der Waals surface area contributed by atoms with Gasteiger partial charge in [0.1, 0.15) is 24.4 Å². The molecule has 6 N–H and O–H groups in total. The molecule has 9 nitrogen and oxygen atoms in total. The second-order valence-corrected chi connectivity index (χ2v) is 19.0. The Balaban J connectivity index is 2.08. The van der Waals surface area contributed by atoms with Crippen molar-refractivity contribution >= 4 is 5.91 Å². The molecule has 1 aliphatic heterocycles. The van der Waals surface area contributed by atoms with Crippen molar-refractivity contribution in [1.29, 1.82) is 0 Å². The number of carbonyl (C=O) groups is 1. The molecular weight excluding hydrogens is 791 g/mol. The van der Waals surface area contributed by atoms with Crippen LogP contribution < -0.4 is 5.32 Å². The van der Waals surface area contributed by atoms with E-state index in [-0.39, 0.29) is 12.5 Å². The predicted octanol–water partition coefficient (Wildman–Crippen LogP) is 12.6. The van der Waals surface area contributed by atoms with Gasteiger partial charge in [-0.15, -0.1) is 0 Å². The zero-order valence-corrected chi connectivity index (χ0v) is 41.1. The average molecular weight is 894 g/mol. The molecule has 7 atom stereocenters. The Morgan fingerprint density at radius 1 is 0.540 bits per heavy atom. The van der Waals surface area contributed by atoms with Crippen LogP contribution in [0.15, 0.2) is 24.3 Å². The van der Waals surface area contributed by atoms with Gasteiger partial charge in [0.2, 0.25) is 5.91 Å². The molecule has 0 saturated carbocycles. The molecule has 1 amide bonds. The number of unbranched alkanes of at least 4 members (excludes halogenated alkanes) is 32. The summed E-state index contributed by atoms with van der Waals surface area (Å²) in [4.78, 5) is 13.0. The molecule has 1 heterocycles. The average Bonchev–Trinajstić information content (AvgIpc) is 3.28. The fraction of sp³-hybridized carbons (Fsp3) is 0.907. The van der Waals surface area contributed by atoms with Crippen molar-refractivity contribution in [2.75, 3.05) is 13.2 Å². The minimum Gasteiger partial charge on any atom is -0.394 e. The summed E-state index contributed by atoms with van der Waals surface area (Å²) in [6, 6.07) is -0.714. The van der Waals surface area contributed by atoms with Gasteiger partial charge < -0.3 is 40.3 Å². The van der Waals surface area contributed by atoms with Crippen molar-refractivity contribution in [2.45, 2.75) is 301 Å². The van der Waals surface area contributed by atoms with Gasteiger partial charge in [0.15, 0.2) is 6.29 Å². The maximum absolute atomic E-state index is 13.0. The van der Waals surface area contributed by atoms with Gasteiger partial charge in [-0.2, -0.15) is 0 Å². The summed E-state index contributed by atoms with van der Waals surface area (Å²) in [6.45, 7) is 3.81. The van der Waals surface area contributed by atoms with E-state index in [1.165, 1.54) is 186 Å². The zero-order chi connectivity index (χ0) is 45.9. The van der Waals surface area contributed by atoms with Crippen molar-refractivity contribution < 1.29 is 39.8 Å². The van der Waals surface area contributed by atoms with E-state index in [1.54, 1.807) is 0 Å². The Kier molecular flexibility index (Phi) is 42.2. The van der Waals surface area contributed by atoms with E-state index < -0.39 is 49.5 Å². The van der Waals surface area contributed by atoms with Crippen LogP contribution in [0.2, 0.25) is 0 Å². The lowest BCUT2D eigenvalue weighted by Crippen LogP contribution is -2.60. The molecule has 0 aromatic rings. The van der Waals surface area contributed by atoms with E-state index in [0.717, 1.165) is 44.9 Å². The lowest BCUT2D eigenvalue weighted by Gasteiger charge is -2.40. The van der Waals surface area contributed by atoms with E-state index in [9.17, 15) is 30.3 Å². The fourth-order valence-electron chi connectivity index (χ4n) is 8.72. The number of aliphatic hydroxyl groups is 5. The molecule has 1 fully saturated rings. The number of ether oxygens (including phenoxy) is 2. The molecular formula is C54H103NO8. The fourth-order valence-corrected chi connectivity index (χ4v) is 8.72. The topological polar surface area (TPSA) is 149 Å². The zero-order valence-electron chi connectivity index (χ0n) is 41.1. The Hall–Kier alpha value is -1.33. The van der Waals surface area contributed by atoms with Crippen LogP contribution in [0.4, 0.5) is 0 Å². The first-order valence-corrected chi connectivity index (χ1v) is 27.0. The van der Waals surface area contributed by atoms with Crippen LogP contribution in [-0.2, 0) is 14.3 Å². The molecule has 0 bridgehead atoms. The molecule has 1 saturated heterocycles. The van der Waals surface area contributed by atoms with Gasteiger partial charge in [-0.3, -0.25) is 4.79 Å². The first-order valence-electron chi connectivity index (χ1n) is 27.0. The summed E-state index contributed by atoms with van der Waals surface area (Å²) in [5.41, 5.74) is 0. The molecule has 0 spiro atoms. The number of amides is 1. The van der Waals surface area contributed by atoms with E-state index in [2.05, 4.69) is 43.5 Å². The highest BCUT2D eigenvalue weighted by Crippen LogP contribution is 2.23. The van der Waals surface area contributed by atoms with Crippen LogP contribution in [0, 0.1) is 0 Å². The standard InChI is InChI=1S/C54H103NO8/c1-3-5-7-9-11-13-14-15-16-17-18-19-20-21-22-23-24-25-26-27-28-29-30-31-32-33-34-36-38-40-42-44-50(58)55-47(48(57)43-41-39-37-35-12-10-8-6-4-2)46-62-54-53(61)52(60)51(59)49(45-56)63-54/h14-15,17-18,47-49,51-54,56-57,59-61H,3-13,16,19-46H2,1-2H3,(H,55,58)/b15-14-,18-17-. The lowest BCUT2D eigenvalue weighted by molar-refractivity contribution is -0.302. The van der Waals surface area contributed by atoms with Gasteiger partial charge in [0, 0.05) is 6.42 Å². The van der Waals surface area contributed by atoms with Gasteiger partial charge in [-0.25, -0.2) is 0 Å². The molecule has 1 aliphatic rings. The number of aliphatic hydroxyl groups excluding tert-OH is 5. The molecule has 0 aromatic heterocycles. The third-order valence-electron chi connectivity index (χ3n) is 13.1. The molecule has 0 radical (unpaired) electrons. The van der Waals surface area contributed by atoms with Crippen molar-refractivity contribution in [1.82, 2.24) is 5.32 Å². The molecule has 0 aliphatic carbocycles. The quantitative estimate of drug-likeness (QED) is 0.0261. The third kappa shape index (κ3) is 34.6.